The molecule has 0 aromatic rings. The van der Waals surface area contributed by atoms with Crippen molar-refractivity contribution in [3.05, 3.63) is 0 Å². The molecule has 3 aliphatic rings. The lowest BCUT2D eigenvalue weighted by molar-refractivity contribution is -0.179. The molecule has 1 unspecified atom stereocenters. The molecule has 3 fully saturated rings. The third-order valence-corrected chi connectivity index (χ3v) is 3.66. The van der Waals surface area contributed by atoms with Crippen molar-refractivity contribution in [2.45, 2.75) is 63.7 Å². The van der Waals surface area contributed by atoms with Gasteiger partial charge in [0.25, 0.3) is 0 Å². The maximum Gasteiger partial charge on any atom is 0.192 e. The van der Waals surface area contributed by atoms with Crippen LogP contribution in [0.4, 0.5) is 0 Å². The van der Waals surface area contributed by atoms with Crippen LogP contribution in [0.3, 0.4) is 0 Å². The second-order valence-electron chi connectivity index (χ2n) is 5.79. The van der Waals surface area contributed by atoms with E-state index in [1.54, 1.807) is 0 Å². The maximum absolute atomic E-state index is 5.87. The molecule has 3 rings (SSSR count). The number of rotatable bonds is 1. The van der Waals surface area contributed by atoms with Crippen LogP contribution in [0.5, 0.6) is 0 Å². The average Bonchev–Trinajstić information content (AvgIpc) is 2.81. The smallest absolute Gasteiger partial charge is 0.192 e. The van der Waals surface area contributed by atoms with E-state index in [1.165, 1.54) is 0 Å². The van der Waals surface area contributed by atoms with Crippen LogP contribution in [0.1, 0.15) is 27.7 Å². The molecule has 0 N–H and O–H groups in total. The van der Waals surface area contributed by atoms with Crippen LogP contribution in [0.25, 0.3) is 0 Å². The molecule has 0 aromatic heterocycles. The first kappa shape index (κ1) is 12.7. The molecule has 3 heterocycles. The first-order valence-corrected chi connectivity index (χ1v) is 6.56. The largest absolute Gasteiger partial charge is 0.475 e. The average molecular weight is 274 g/mol. The van der Waals surface area contributed by atoms with E-state index in [0.29, 0.717) is 11.7 Å². The van der Waals surface area contributed by atoms with Crippen molar-refractivity contribution in [1.29, 1.82) is 0 Å². The van der Waals surface area contributed by atoms with Crippen molar-refractivity contribution in [3.8, 4) is 0 Å². The van der Waals surface area contributed by atoms with Gasteiger partial charge in [0, 0.05) is 0 Å². The summed E-state index contributed by atoms with van der Waals surface area (Å²) < 4.78 is 28.7. The fraction of sp³-hybridized carbons (Fsp3) is 0.917. The van der Waals surface area contributed by atoms with Crippen molar-refractivity contribution in [1.82, 2.24) is 0 Å². The highest BCUT2D eigenvalue weighted by molar-refractivity contribution is 7.80. The first-order valence-electron chi connectivity index (χ1n) is 6.15. The fourth-order valence-electron chi connectivity index (χ4n) is 2.64. The van der Waals surface area contributed by atoms with Gasteiger partial charge in [0.2, 0.25) is 0 Å². The Morgan fingerprint density at radius 2 is 1.72 bits per heavy atom. The maximum atomic E-state index is 5.87. The Bertz CT molecular complexity index is 381. The number of thiocarbonyl (C=S) groups is 1. The van der Waals surface area contributed by atoms with E-state index in [2.05, 4.69) is 0 Å². The number of hydrogen-bond acceptors (Lipinski definition) is 6. The first-order chi connectivity index (χ1) is 8.27. The molecule has 5 nitrogen and oxygen atoms in total. The molecular weight excluding hydrogens is 256 g/mol. The van der Waals surface area contributed by atoms with Crippen LogP contribution in [0, 0.1) is 0 Å². The van der Waals surface area contributed by atoms with E-state index in [0.717, 1.165) is 0 Å². The van der Waals surface area contributed by atoms with Crippen LogP contribution >= 0.6 is 12.2 Å². The Morgan fingerprint density at radius 1 is 1.00 bits per heavy atom. The molecule has 0 aromatic carbocycles. The van der Waals surface area contributed by atoms with Crippen molar-refractivity contribution in [2.75, 3.05) is 6.61 Å². The molecule has 18 heavy (non-hydrogen) atoms. The zero-order chi connectivity index (χ0) is 13.1. The predicted molar refractivity (Wildman–Crippen MR) is 66.2 cm³/mol. The quantitative estimate of drug-likeness (QED) is 0.673. The van der Waals surface area contributed by atoms with Crippen LogP contribution in [-0.2, 0) is 23.7 Å². The molecule has 3 aliphatic heterocycles. The van der Waals surface area contributed by atoms with Crippen molar-refractivity contribution < 1.29 is 23.7 Å². The summed E-state index contributed by atoms with van der Waals surface area (Å²) in [5.74, 6) is -1.21. The molecule has 6 heteroatoms. The van der Waals surface area contributed by atoms with Gasteiger partial charge in [0.15, 0.2) is 28.8 Å². The third kappa shape index (κ3) is 2.06. The molecule has 0 saturated carbocycles. The highest BCUT2D eigenvalue weighted by atomic mass is 32.1. The molecule has 0 radical (unpaired) electrons. The van der Waals surface area contributed by atoms with E-state index in [-0.39, 0.29) is 24.4 Å². The molecule has 0 spiro atoms. The van der Waals surface area contributed by atoms with Crippen LogP contribution < -0.4 is 0 Å². The molecule has 0 bridgehead atoms. The highest BCUT2D eigenvalue weighted by Gasteiger charge is 2.57. The van der Waals surface area contributed by atoms with Gasteiger partial charge < -0.3 is 23.7 Å². The predicted octanol–water partition coefficient (Wildman–Crippen LogP) is 1.38. The van der Waals surface area contributed by atoms with Gasteiger partial charge in [-0.15, -0.1) is 0 Å². The van der Waals surface area contributed by atoms with E-state index < -0.39 is 11.6 Å². The SMILES string of the molecule is CC1(C)OCC([C@H]2OC(=S)[C@H]3OC(C)(C)O[C@H]32)O1. The Kier molecular flexibility index (Phi) is 2.74. The second-order valence-corrected chi connectivity index (χ2v) is 6.19. The van der Waals surface area contributed by atoms with Gasteiger partial charge in [-0.2, -0.15) is 0 Å². The van der Waals surface area contributed by atoms with E-state index >= 15 is 0 Å². The topological polar surface area (TPSA) is 46.2 Å². The van der Waals surface area contributed by atoms with Crippen LogP contribution in [0.2, 0.25) is 0 Å². The lowest BCUT2D eigenvalue weighted by Gasteiger charge is -2.25. The summed E-state index contributed by atoms with van der Waals surface area (Å²) in [6, 6.07) is 0. The van der Waals surface area contributed by atoms with Crippen molar-refractivity contribution in [3.63, 3.8) is 0 Å². The summed E-state index contributed by atoms with van der Waals surface area (Å²) in [6.45, 7) is 8.00. The minimum absolute atomic E-state index is 0.176. The van der Waals surface area contributed by atoms with Gasteiger partial charge in [-0.05, 0) is 39.9 Å². The molecule has 0 aliphatic carbocycles. The van der Waals surface area contributed by atoms with Gasteiger partial charge in [-0.3, -0.25) is 0 Å². The monoisotopic (exact) mass is 274 g/mol. The summed E-state index contributed by atoms with van der Waals surface area (Å²) >= 11 is 5.21. The molecule has 102 valence electrons. The van der Waals surface area contributed by atoms with Crippen molar-refractivity contribution in [2.24, 2.45) is 0 Å². The molecular formula is C12H18O5S. The summed E-state index contributed by atoms with van der Waals surface area (Å²) in [5, 5.41) is 0.448. The van der Waals surface area contributed by atoms with Gasteiger partial charge >= 0.3 is 0 Å². The highest BCUT2D eigenvalue weighted by Crippen LogP contribution is 2.40. The number of fused-ring (bicyclic) bond motifs is 1. The fourth-order valence-corrected chi connectivity index (χ4v) is 2.94. The molecule has 3 saturated heterocycles. The van der Waals surface area contributed by atoms with Gasteiger partial charge in [0.1, 0.15) is 12.2 Å². The lowest BCUT2D eigenvalue weighted by atomic mass is 10.1. The zero-order valence-corrected chi connectivity index (χ0v) is 11.8. The number of ether oxygens (including phenoxy) is 5. The zero-order valence-electron chi connectivity index (χ0n) is 11.0. The number of hydrogen-bond donors (Lipinski definition) is 0. The molecule has 4 atom stereocenters. The van der Waals surface area contributed by atoms with Crippen LogP contribution in [-0.4, -0.2) is 47.6 Å². The van der Waals surface area contributed by atoms with E-state index in [1.807, 2.05) is 27.7 Å². The normalized spacial score (nSPS) is 45.0. The summed E-state index contributed by atoms with van der Waals surface area (Å²) in [4.78, 5) is 0. The summed E-state index contributed by atoms with van der Waals surface area (Å²) in [5.41, 5.74) is 0. The van der Waals surface area contributed by atoms with Gasteiger partial charge in [0.05, 0.1) is 6.61 Å². The Balaban J connectivity index is 1.77. The molecule has 0 amide bonds. The Hall–Kier alpha value is -0.270. The van der Waals surface area contributed by atoms with Gasteiger partial charge in [-0.1, -0.05) is 0 Å². The Labute approximate surface area is 112 Å². The standard InChI is InChI=1S/C12H18O5S/c1-11(2)13-5-6(15-11)7-8-9(10(18)14-7)17-12(3,4)16-8/h6-9H,5H2,1-4H3/t6?,7-,8+,9+/m1/s1. The second kappa shape index (κ2) is 3.86. The summed E-state index contributed by atoms with van der Waals surface area (Å²) in [6.07, 6.45) is -0.932. The van der Waals surface area contributed by atoms with Gasteiger partial charge in [-0.25, -0.2) is 0 Å². The minimum Gasteiger partial charge on any atom is -0.475 e. The van der Waals surface area contributed by atoms with E-state index in [9.17, 15) is 0 Å². The summed E-state index contributed by atoms with van der Waals surface area (Å²) in [7, 11) is 0. The van der Waals surface area contributed by atoms with Crippen molar-refractivity contribution >= 4 is 17.3 Å². The third-order valence-electron chi connectivity index (χ3n) is 3.33. The van der Waals surface area contributed by atoms with Crippen LogP contribution in [0.15, 0.2) is 0 Å². The van der Waals surface area contributed by atoms with E-state index in [4.69, 9.17) is 35.9 Å². The lowest BCUT2D eigenvalue weighted by Crippen LogP contribution is -2.40. The Morgan fingerprint density at radius 3 is 2.33 bits per heavy atom. The minimum atomic E-state index is -0.629.